The van der Waals surface area contributed by atoms with Crippen LogP contribution < -0.4 is 0 Å². The van der Waals surface area contributed by atoms with E-state index in [9.17, 15) is 18.0 Å². The van der Waals surface area contributed by atoms with E-state index in [0.717, 1.165) is 17.7 Å². The number of alkyl halides is 3. The summed E-state index contributed by atoms with van der Waals surface area (Å²) < 4.78 is 46.2. The summed E-state index contributed by atoms with van der Waals surface area (Å²) in [5.74, 6) is -1.05. The van der Waals surface area contributed by atoms with Crippen molar-refractivity contribution in [1.82, 2.24) is 4.98 Å². The van der Waals surface area contributed by atoms with Gasteiger partial charge >= 0.3 is 12.1 Å². The molecule has 0 aliphatic rings. The first-order chi connectivity index (χ1) is 15.0. The molecule has 0 radical (unpaired) electrons. The Labute approximate surface area is 186 Å². The molecule has 1 heterocycles. The van der Waals surface area contributed by atoms with Crippen molar-refractivity contribution >= 4 is 5.97 Å². The van der Waals surface area contributed by atoms with Crippen LogP contribution in [0.1, 0.15) is 61.6 Å². The van der Waals surface area contributed by atoms with Gasteiger partial charge in [0.2, 0.25) is 0 Å². The molecule has 0 fully saturated rings. The van der Waals surface area contributed by atoms with Crippen molar-refractivity contribution in [2.45, 2.75) is 45.4 Å². The average Bonchev–Trinajstić information content (AvgIpc) is 2.73. The summed E-state index contributed by atoms with van der Waals surface area (Å²) in [6, 6.07) is 19.6. The molecule has 3 aromatic rings. The Hall–Kier alpha value is -3.15. The topological polar surface area (TPSA) is 39.2 Å². The number of carbonyl (C=O) groups excluding carboxylic acids is 1. The van der Waals surface area contributed by atoms with Gasteiger partial charge in [-0.2, -0.15) is 13.2 Å². The summed E-state index contributed by atoms with van der Waals surface area (Å²) >= 11 is 0. The van der Waals surface area contributed by atoms with E-state index in [1.807, 2.05) is 51.1 Å². The molecule has 3 rings (SSSR count). The third-order valence-electron chi connectivity index (χ3n) is 4.94. The molecule has 3 nitrogen and oxygen atoms in total. The van der Waals surface area contributed by atoms with Gasteiger partial charge in [-0.3, -0.25) is 9.78 Å². The summed E-state index contributed by atoms with van der Waals surface area (Å²) in [5, 5.41) is 0. The summed E-state index contributed by atoms with van der Waals surface area (Å²) in [4.78, 5) is 17.3. The van der Waals surface area contributed by atoms with Gasteiger partial charge in [0.05, 0.1) is 23.6 Å². The van der Waals surface area contributed by atoms with Gasteiger partial charge in [0.1, 0.15) is 6.10 Å². The molecule has 6 heteroatoms. The van der Waals surface area contributed by atoms with Crippen LogP contribution in [0.4, 0.5) is 13.2 Å². The fourth-order valence-corrected chi connectivity index (χ4v) is 3.56. The van der Waals surface area contributed by atoms with Gasteiger partial charge in [-0.05, 0) is 40.8 Å². The van der Waals surface area contributed by atoms with Gasteiger partial charge in [0, 0.05) is 6.20 Å². The smallest absolute Gasteiger partial charge is 0.416 e. The highest BCUT2D eigenvalue weighted by molar-refractivity contribution is 5.70. The summed E-state index contributed by atoms with van der Waals surface area (Å²) in [5.41, 5.74) is 0.533. The Bertz CT molecular complexity index is 989. The highest BCUT2D eigenvalue weighted by atomic mass is 19.4. The molecular weight excluding hydrogens is 415 g/mol. The predicted octanol–water partition coefficient (Wildman–Crippen LogP) is 6.95. The molecule has 0 aliphatic heterocycles. The lowest BCUT2D eigenvalue weighted by atomic mass is 9.85. The van der Waals surface area contributed by atoms with Crippen molar-refractivity contribution in [2.24, 2.45) is 5.41 Å². The number of aromatic nitrogens is 1. The molecule has 0 saturated heterocycles. The molecule has 0 bridgehead atoms. The fraction of sp³-hybridized carbons (Fsp3) is 0.308. The van der Waals surface area contributed by atoms with Crippen LogP contribution in [0.5, 0.6) is 0 Å². The van der Waals surface area contributed by atoms with Crippen molar-refractivity contribution in [3.8, 4) is 0 Å². The van der Waals surface area contributed by atoms with Crippen LogP contribution in [0.15, 0.2) is 79.0 Å². The molecule has 168 valence electrons. The van der Waals surface area contributed by atoms with Crippen molar-refractivity contribution in [1.29, 1.82) is 0 Å². The van der Waals surface area contributed by atoms with Crippen LogP contribution in [0, 0.1) is 5.41 Å². The minimum Gasteiger partial charge on any atom is -0.456 e. The number of nitrogens with zero attached hydrogens (tertiary/aromatic N) is 1. The van der Waals surface area contributed by atoms with Gasteiger partial charge in [0.25, 0.3) is 0 Å². The minimum absolute atomic E-state index is 0.131. The van der Waals surface area contributed by atoms with E-state index < -0.39 is 29.7 Å². The summed E-state index contributed by atoms with van der Waals surface area (Å²) in [6.07, 6.45) is -3.75. The molecule has 0 amide bonds. The first kappa shape index (κ1) is 23.5. The van der Waals surface area contributed by atoms with Crippen LogP contribution in [0.2, 0.25) is 0 Å². The van der Waals surface area contributed by atoms with Gasteiger partial charge < -0.3 is 4.74 Å². The maximum absolute atomic E-state index is 13.4. The third kappa shape index (κ3) is 6.19. The van der Waals surface area contributed by atoms with Gasteiger partial charge in [-0.15, -0.1) is 0 Å². The molecule has 0 saturated carbocycles. The lowest BCUT2D eigenvalue weighted by molar-refractivity contribution is -0.152. The second kappa shape index (κ2) is 9.55. The fourth-order valence-electron chi connectivity index (χ4n) is 3.56. The molecule has 1 aromatic heterocycles. The number of pyridine rings is 1. The van der Waals surface area contributed by atoms with Gasteiger partial charge in [-0.25, -0.2) is 0 Å². The first-order valence-electron chi connectivity index (χ1n) is 10.4. The Morgan fingerprint density at radius 2 is 1.56 bits per heavy atom. The Kier molecular flexibility index (Phi) is 7.02. The lowest BCUT2D eigenvalue weighted by Crippen LogP contribution is -2.23. The minimum atomic E-state index is -4.51. The molecule has 0 spiro atoms. The molecule has 0 N–H and O–H groups in total. The van der Waals surface area contributed by atoms with Crippen LogP contribution in [-0.2, 0) is 15.7 Å². The first-order valence-corrected chi connectivity index (χ1v) is 10.4. The van der Waals surface area contributed by atoms with Crippen LogP contribution in [0.25, 0.3) is 0 Å². The normalized spacial score (nSPS) is 13.9. The number of benzene rings is 2. The van der Waals surface area contributed by atoms with E-state index in [-0.39, 0.29) is 17.4 Å². The monoisotopic (exact) mass is 441 g/mol. The molecular formula is C26H26F3NO2. The van der Waals surface area contributed by atoms with E-state index in [0.29, 0.717) is 5.69 Å². The second-order valence-corrected chi connectivity index (χ2v) is 8.91. The highest BCUT2D eigenvalue weighted by Crippen LogP contribution is 2.41. The Morgan fingerprint density at radius 3 is 2.16 bits per heavy atom. The Morgan fingerprint density at radius 1 is 0.906 bits per heavy atom. The third-order valence-corrected chi connectivity index (χ3v) is 4.94. The zero-order chi connectivity index (χ0) is 23.4. The zero-order valence-electron chi connectivity index (χ0n) is 18.3. The SMILES string of the molecule is CC(C)(C)CC(=O)OC(c1cccc(C(F)(F)F)c1)[C@@H](c1ccccc1)c1ccccn1. The average molecular weight is 441 g/mol. The molecule has 1 unspecified atom stereocenters. The number of hydrogen-bond donors (Lipinski definition) is 0. The van der Waals surface area contributed by atoms with Crippen molar-refractivity contribution in [2.75, 3.05) is 0 Å². The number of esters is 1. The zero-order valence-corrected chi connectivity index (χ0v) is 18.3. The highest BCUT2D eigenvalue weighted by Gasteiger charge is 2.35. The van der Waals surface area contributed by atoms with Crippen LogP contribution >= 0.6 is 0 Å². The van der Waals surface area contributed by atoms with Gasteiger partial charge in [0.15, 0.2) is 0 Å². The second-order valence-electron chi connectivity index (χ2n) is 8.91. The maximum atomic E-state index is 13.4. The Balaban J connectivity index is 2.14. The van der Waals surface area contributed by atoms with Gasteiger partial charge in [-0.1, -0.05) is 69.3 Å². The number of hydrogen-bond acceptors (Lipinski definition) is 3. The van der Waals surface area contributed by atoms with Crippen LogP contribution in [0.3, 0.4) is 0 Å². The van der Waals surface area contributed by atoms with E-state index in [1.165, 1.54) is 6.07 Å². The largest absolute Gasteiger partial charge is 0.456 e. The maximum Gasteiger partial charge on any atom is 0.416 e. The molecule has 0 aliphatic carbocycles. The number of halogens is 3. The lowest BCUT2D eigenvalue weighted by Gasteiger charge is -2.29. The molecule has 2 aromatic carbocycles. The number of carbonyl (C=O) groups is 1. The standard InChI is InChI=1S/C26H26F3NO2/c1-25(2,3)17-22(31)32-24(19-12-9-13-20(16-19)26(27,28)29)23(18-10-5-4-6-11-18)21-14-7-8-15-30-21/h4-16,23-24H,17H2,1-3H3/t23-,24?/m0/s1. The van der Waals surface area contributed by atoms with Crippen molar-refractivity contribution in [3.63, 3.8) is 0 Å². The van der Waals surface area contributed by atoms with E-state index in [2.05, 4.69) is 4.98 Å². The number of ether oxygens (including phenoxy) is 1. The molecule has 32 heavy (non-hydrogen) atoms. The van der Waals surface area contributed by atoms with Crippen molar-refractivity contribution in [3.05, 3.63) is 101 Å². The van der Waals surface area contributed by atoms with E-state index in [4.69, 9.17) is 4.74 Å². The van der Waals surface area contributed by atoms with Crippen molar-refractivity contribution < 1.29 is 22.7 Å². The van der Waals surface area contributed by atoms with E-state index >= 15 is 0 Å². The van der Waals surface area contributed by atoms with E-state index in [1.54, 1.807) is 30.5 Å². The quantitative estimate of drug-likeness (QED) is 0.389. The summed E-state index contributed by atoms with van der Waals surface area (Å²) in [7, 11) is 0. The van der Waals surface area contributed by atoms with Crippen LogP contribution in [-0.4, -0.2) is 11.0 Å². The summed E-state index contributed by atoms with van der Waals surface area (Å²) in [6.45, 7) is 5.71. The number of rotatable bonds is 6. The predicted molar refractivity (Wildman–Crippen MR) is 117 cm³/mol. The molecule has 2 atom stereocenters.